The van der Waals surface area contributed by atoms with Gasteiger partial charge in [-0.25, -0.2) is 4.98 Å². The highest BCUT2D eigenvalue weighted by molar-refractivity contribution is 5.69. The first-order chi connectivity index (χ1) is 7.68. The van der Waals surface area contributed by atoms with Crippen molar-refractivity contribution in [2.24, 2.45) is 0 Å². The molecule has 0 unspecified atom stereocenters. The van der Waals surface area contributed by atoms with Gasteiger partial charge in [-0.3, -0.25) is 4.79 Å². The zero-order chi connectivity index (χ0) is 11.5. The third-order valence-corrected chi connectivity index (χ3v) is 3.33. The SMILES string of the molecule is Cc1ncc(CC(=O)O)n1C1CCCCC1. The van der Waals surface area contributed by atoms with E-state index >= 15 is 0 Å². The van der Waals surface area contributed by atoms with Crippen LogP contribution < -0.4 is 0 Å². The van der Waals surface area contributed by atoms with Gasteiger partial charge >= 0.3 is 5.97 Å². The molecular weight excluding hydrogens is 204 g/mol. The van der Waals surface area contributed by atoms with Crippen molar-refractivity contribution in [3.8, 4) is 0 Å². The lowest BCUT2D eigenvalue weighted by atomic mass is 9.95. The Bertz CT molecular complexity index is 378. The second-order valence-electron chi connectivity index (χ2n) is 4.53. The highest BCUT2D eigenvalue weighted by atomic mass is 16.4. The summed E-state index contributed by atoms with van der Waals surface area (Å²) < 4.78 is 2.13. The van der Waals surface area contributed by atoms with Gasteiger partial charge in [0, 0.05) is 17.9 Å². The van der Waals surface area contributed by atoms with E-state index < -0.39 is 5.97 Å². The van der Waals surface area contributed by atoms with Crippen LogP contribution in [-0.4, -0.2) is 20.6 Å². The Morgan fingerprint density at radius 1 is 1.50 bits per heavy atom. The van der Waals surface area contributed by atoms with E-state index in [2.05, 4.69) is 9.55 Å². The third kappa shape index (κ3) is 2.26. The van der Waals surface area contributed by atoms with Crippen molar-refractivity contribution in [3.63, 3.8) is 0 Å². The standard InChI is InChI=1S/C12H18N2O2/c1-9-13-8-11(7-12(15)16)14(9)10-5-3-2-4-6-10/h8,10H,2-7H2,1H3,(H,15,16). The van der Waals surface area contributed by atoms with Crippen LogP contribution >= 0.6 is 0 Å². The Kier molecular flexibility index (Phi) is 3.27. The fourth-order valence-corrected chi connectivity index (χ4v) is 2.62. The molecule has 0 atom stereocenters. The zero-order valence-corrected chi connectivity index (χ0v) is 9.65. The highest BCUT2D eigenvalue weighted by Crippen LogP contribution is 2.30. The number of nitrogens with zero attached hydrogens (tertiary/aromatic N) is 2. The maximum absolute atomic E-state index is 10.8. The first kappa shape index (κ1) is 11.2. The Balaban J connectivity index is 2.23. The number of carboxylic acid groups (broad SMARTS) is 1. The van der Waals surface area contributed by atoms with Crippen LogP contribution in [0.1, 0.15) is 49.7 Å². The second-order valence-corrected chi connectivity index (χ2v) is 4.53. The molecule has 0 radical (unpaired) electrons. The van der Waals surface area contributed by atoms with Gasteiger partial charge in [0.1, 0.15) is 5.82 Å². The number of imidazole rings is 1. The van der Waals surface area contributed by atoms with Gasteiger partial charge in [-0.1, -0.05) is 19.3 Å². The number of carboxylic acids is 1. The second kappa shape index (κ2) is 4.68. The summed E-state index contributed by atoms with van der Waals surface area (Å²) in [4.78, 5) is 15.0. The lowest BCUT2D eigenvalue weighted by Gasteiger charge is -2.25. The number of aliphatic carboxylic acids is 1. The molecule has 0 aliphatic heterocycles. The minimum Gasteiger partial charge on any atom is -0.481 e. The lowest BCUT2D eigenvalue weighted by Crippen LogP contribution is -2.18. The van der Waals surface area contributed by atoms with Crippen molar-refractivity contribution >= 4 is 5.97 Å². The van der Waals surface area contributed by atoms with E-state index in [1.165, 1.54) is 19.3 Å². The van der Waals surface area contributed by atoms with Crippen LogP contribution in [0, 0.1) is 6.92 Å². The highest BCUT2D eigenvalue weighted by Gasteiger charge is 2.20. The molecule has 1 saturated carbocycles. The molecule has 1 heterocycles. The summed E-state index contributed by atoms with van der Waals surface area (Å²) in [7, 11) is 0. The predicted molar refractivity (Wildman–Crippen MR) is 60.4 cm³/mol. The Hall–Kier alpha value is -1.32. The molecule has 0 spiro atoms. The monoisotopic (exact) mass is 222 g/mol. The molecule has 16 heavy (non-hydrogen) atoms. The largest absolute Gasteiger partial charge is 0.481 e. The fourth-order valence-electron chi connectivity index (χ4n) is 2.62. The van der Waals surface area contributed by atoms with Crippen LogP contribution in [0.15, 0.2) is 6.20 Å². The van der Waals surface area contributed by atoms with E-state index in [0.717, 1.165) is 24.4 Å². The van der Waals surface area contributed by atoms with Crippen molar-refractivity contribution in [1.29, 1.82) is 0 Å². The molecule has 2 rings (SSSR count). The topological polar surface area (TPSA) is 55.1 Å². The van der Waals surface area contributed by atoms with Crippen molar-refractivity contribution in [2.75, 3.05) is 0 Å². The molecule has 1 aromatic heterocycles. The van der Waals surface area contributed by atoms with E-state index in [-0.39, 0.29) is 6.42 Å². The summed E-state index contributed by atoms with van der Waals surface area (Å²) in [6.07, 6.45) is 7.89. The molecule has 1 aliphatic carbocycles. The van der Waals surface area contributed by atoms with Crippen molar-refractivity contribution in [2.45, 2.75) is 51.5 Å². The molecule has 1 N–H and O–H groups in total. The maximum Gasteiger partial charge on any atom is 0.309 e. The van der Waals surface area contributed by atoms with Crippen LogP contribution in [0.3, 0.4) is 0 Å². The van der Waals surface area contributed by atoms with Gasteiger partial charge in [0.2, 0.25) is 0 Å². The van der Waals surface area contributed by atoms with Gasteiger partial charge in [-0.2, -0.15) is 0 Å². The van der Waals surface area contributed by atoms with Gasteiger partial charge in [-0.15, -0.1) is 0 Å². The van der Waals surface area contributed by atoms with Crippen LogP contribution in [-0.2, 0) is 11.2 Å². The number of aromatic nitrogens is 2. The minimum absolute atomic E-state index is 0.0807. The summed E-state index contributed by atoms with van der Waals surface area (Å²) in [5.41, 5.74) is 0.844. The van der Waals surface area contributed by atoms with E-state index in [4.69, 9.17) is 5.11 Å². The summed E-state index contributed by atoms with van der Waals surface area (Å²) >= 11 is 0. The minimum atomic E-state index is -0.781. The normalized spacial score (nSPS) is 17.6. The predicted octanol–water partition coefficient (Wildman–Crippen LogP) is 2.32. The van der Waals surface area contributed by atoms with Crippen molar-refractivity contribution in [3.05, 3.63) is 17.7 Å². The summed E-state index contributed by atoms with van der Waals surface area (Å²) in [6, 6.07) is 0.464. The van der Waals surface area contributed by atoms with E-state index in [1.807, 2.05) is 6.92 Å². The average Bonchev–Trinajstić information content (AvgIpc) is 2.60. The van der Waals surface area contributed by atoms with E-state index in [9.17, 15) is 4.79 Å². The third-order valence-electron chi connectivity index (χ3n) is 3.33. The Labute approximate surface area is 95.3 Å². The summed E-state index contributed by atoms with van der Waals surface area (Å²) in [5.74, 6) is 0.167. The molecule has 0 bridgehead atoms. The van der Waals surface area contributed by atoms with E-state index in [0.29, 0.717) is 6.04 Å². The molecule has 1 aliphatic rings. The Morgan fingerprint density at radius 3 is 2.81 bits per heavy atom. The number of hydrogen-bond donors (Lipinski definition) is 1. The maximum atomic E-state index is 10.8. The van der Waals surface area contributed by atoms with Gasteiger partial charge < -0.3 is 9.67 Å². The first-order valence-corrected chi connectivity index (χ1v) is 5.93. The molecule has 0 aromatic carbocycles. The van der Waals surface area contributed by atoms with Crippen LogP contribution in [0.2, 0.25) is 0 Å². The number of rotatable bonds is 3. The first-order valence-electron chi connectivity index (χ1n) is 5.93. The molecule has 0 amide bonds. The van der Waals surface area contributed by atoms with Gasteiger partial charge in [0.05, 0.1) is 6.42 Å². The molecule has 88 valence electrons. The summed E-state index contributed by atoms with van der Waals surface area (Å²) in [6.45, 7) is 1.96. The number of aryl methyl sites for hydroxylation is 1. The quantitative estimate of drug-likeness (QED) is 0.853. The number of hydrogen-bond acceptors (Lipinski definition) is 2. The average molecular weight is 222 g/mol. The fraction of sp³-hybridized carbons (Fsp3) is 0.667. The lowest BCUT2D eigenvalue weighted by molar-refractivity contribution is -0.136. The number of carbonyl (C=O) groups is 1. The van der Waals surface area contributed by atoms with Gasteiger partial charge in [0.25, 0.3) is 0 Å². The zero-order valence-electron chi connectivity index (χ0n) is 9.65. The van der Waals surface area contributed by atoms with Crippen molar-refractivity contribution < 1.29 is 9.90 Å². The molecular formula is C12H18N2O2. The van der Waals surface area contributed by atoms with Gasteiger partial charge in [-0.05, 0) is 19.8 Å². The van der Waals surface area contributed by atoms with Crippen LogP contribution in [0.4, 0.5) is 0 Å². The van der Waals surface area contributed by atoms with Gasteiger partial charge in [0.15, 0.2) is 0 Å². The Morgan fingerprint density at radius 2 is 2.19 bits per heavy atom. The van der Waals surface area contributed by atoms with E-state index in [1.54, 1.807) is 6.20 Å². The molecule has 0 saturated heterocycles. The summed E-state index contributed by atoms with van der Waals surface area (Å²) in [5, 5.41) is 8.86. The smallest absolute Gasteiger partial charge is 0.309 e. The van der Waals surface area contributed by atoms with Crippen molar-refractivity contribution in [1.82, 2.24) is 9.55 Å². The molecule has 4 nitrogen and oxygen atoms in total. The van der Waals surface area contributed by atoms with Crippen LogP contribution in [0.25, 0.3) is 0 Å². The van der Waals surface area contributed by atoms with Crippen LogP contribution in [0.5, 0.6) is 0 Å². The molecule has 1 aromatic rings. The molecule has 4 heteroatoms. The molecule has 1 fully saturated rings.